The molecule has 1 aliphatic heterocycles. The van der Waals surface area contributed by atoms with E-state index in [-0.39, 0.29) is 27.2 Å². The molecule has 0 amide bonds. The monoisotopic (exact) mass is 846 g/mol. The Morgan fingerprint density at radius 2 is 1.17 bits per heavy atom. The molecule has 0 fully saturated rings. The summed E-state index contributed by atoms with van der Waals surface area (Å²) in [4.78, 5) is 4.96. The second-order valence-corrected chi connectivity index (χ2v) is 21.5. The van der Waals surface area contributed by atoms with Crippen molar-refractivity contribution < 1.29 is 8.85 Å². The first-order valence-electron chi connectivity index (χ1n) is 23.9. The molecule has 0 saturated carbocycles. The molecule has 0 unspecified atom stereocenters. The van der Waals surface area contributed by atoms with Crippen molar-refractivity contribution in [2.45, 2.75) is 112 Å². The Kier molecular flexibility index (Phi) is 9.35. The number of fused-ring (bicyclic) bond motifs is 4. The lowest BCUT2D eigenvalue weighted by Crippen LogP contribution is -2.17. The lowest BCUT2D eigenvalue weighted by Gasteiger charge is -2.24. The summed E-state index contributed by atoms with van der Waals surface area (Å²) < 4.78 is 39.3. The Morgan fingerprint density at radius 3 is 1.83 bits per heavy atom. The number of aryl methyl sites for hydroxylation is 1. The summed E-state index contributed by atoms with van der Waals surface area (Å²) in [6, 6.07) is 49.9. The van der Waals surface area contributed by atoms with E-state index in [1.165, 1.54) is 16.7 Å². The molecule has 3 heterocycles. The third-order valence-electron chi connectivity index (χ3n) is 12.5. The zero-order chi connectivity index (χ0) is 48.0. The van der Waals surface area contributed by atoms with Gasteiger partial charge in [0.05, 0.1) is 17.1 Å². The van der Waals surface area contributed by atoms with Gasteiger partial charge in [-0.3, -0.25) is 4.57 Å². The molecule has 322 valence electrons. The van der Waals surface area contributed by atoms with Crippen molar-refractivity contribution >= 4 is 50.6 Å². The first-order chi connectivity index (χ1) is 31.3. The predicted octanol–water partition coefficient (Wildman–Crippen LogP) is 16.0. The summed E-state index contributed by atoms with van der Waals surface area (Å²) in [7, 11) is 0. The molecule has 0 radical (unpaired) electrons. The van der Waals surface area contributed by atoms with Crippen LogP contribution in [-0.4, -0.2) is 15.6 Å². The first kappa shape index (κ1) is 39.1. The summed E-state index contributed by atoms with van der Waals surface area (Å²) in [5, 5.41) is 2.23. The van der Waals surface area contributed by atoms with Crippen molar-refractivity contribution in [3.8, 4) is 28.4 Å². The van der Waals surface area contributed by atoms with Gasteiger partial charge >= 0.3 is 11.7 Å². The van der Waals surface area contributed by atoms with Gasteiger partial charge in [0.15, 0.2) is 0 Å². The van der Waals surface area contributed by atoms with Crippen LogP contribution in [0.1, 0.15) is 115 Å². The molecule has 9 rings (SSSR count). The molecular weight excluding hydrogens is 781 g/mol. The van der Waals surface area contributed by atoms with E-state index in [4.69, 9.17) is 13.8 Å². The number of hydrogen-bond acceptors (Lipinski definition) is 2. The number of benzene rings is 6. The molecule has 0 spiro atoms. The van der Waals surface area contributed by atoms with Crippen LogP contribution >= 0.6 is 0 Å². The van der Waals surface area contributed by atoms with Crippen molar-refractivity contribution in [1.82, 2.24) is 18.7 Å². The molecule has 64 heavy (non-hydrogen) atoms. The molecule has 8 aromatic rings. The second-order valence-electron chi connectivity index (χ2n) is 21.5. The highest BCUT2D eigenvalue weighted by molar-refractivity contribution is 6.10. The number of nitrogens with zero attached hydrogens (tertiary/aromatic N) is 4. The number of ether oxygens (including phenoxy) is 1. The van der Waals surface area contributed by atoms with Crippen molar-refractivity contribution in [3.05, 3.63) is 167 Å². The average Bonchev–Trinajstić information content (AvgIpc) is 3.81. The van der Waals surface area contributed by atoms with Crippen LogP contribution in [0, 0.1) is 6.85 Å². The summed E-state index contributed by atoms with van der Waals surface area (Å²) in [5.74, 6) is 2.18. The van der Waals surface area contributed by atoms with Gasteiger partial charge in [0.25, 0.3) is 5.69 Å². The molecule has 1 aliphatic rings. The zero-order valence-electron chi connectivity index (χ0n) is 42.5. The predicted molar refractivity (Wildman–Crippen MR) is 271 cm³/mol. The fourth-order valence-corrected chi connectivity index (χ4v) is 8.61. The maximum atomic E-state index is 8.71. The van der Waals surface area contributed by atoms with Gasteiger partial charge in [-0.2, -0.15) is 0 Å². The summed E-state index contributed by atoms with van der Waals surface area (Å²) in [6.07, 6.45) is 1.91. The average molecular weight is 846 g/mol. The molecule has 5 nitrogen and oxygen atoms in total. The van der Waals surface area contributed by atoms with Gasteiger partial charge in [-0.15, -0.1) is 0 Å². The van der Waals surface area contributed by atoms with E-state index in [9.17, 15) is 0 Å². The largest absolute Gasteiger partial charge is 0.503 e. The molecule has 0 bridgehead atoms. The van der Waals surface area contributed by atoms with Crippen LogP contribution in [-0.2, 0) is 21.7 Å². The van der Waals surface area contributed by atoms with Crippen molar-refractivity contribution in [1.29, 1.82) is 0 Å². The Balaban J connectivity index is 1.24. The van der Waals surface area contributed by atoms with Gasteiger partial charge in [-0.25, -0.2) is 4.98 Å². The van der Waals surface area contributed by atoms with E-state index in [0.717, 1.165) is 61.4 Å². The topological polar surface area (TPSA) is 33.1 Å². The number of aromatic nitrogens is 2. The lowest BCUT2D eigenvalue weighted by molar-refractivity contribution is 0.479. The van der Waals surface area contributed by atoms with Crippen LogP contribution in [0.5, 0.6) is 11.5 Å². The van der Waals surface area contributed by atoms with Crippen LogP contribution in [0.2, 0.25) is 0 Å². The number of pyridine rings is 1. The standard InChI is InChI=1S/C59H62N4O/c1-38-18-17-21-52-55(38)62(45-30-42(57(5,6)7)29-43(31-45)58(8,9)10)37-61(52)46-32-44(59(11,12)13)33-48(35-46)64-47-23-24-49-50-28-40(39-19-15-14-16-20-39)22-25-51(50)63(53(49)36-47)54-34-41(26-27-60-54)56(2,3)4/h14-36H,1-13H3/q+2/i1D3. The van der Waals surface area contributed by atoms with Gasteiger partial charge in [0.1, 0.15) is 17.3 Å². The Bertz CT molecular complexity index is 3290. The SMILES string of the molecule is [2H]C([2H])([2H])c1cccc2c1[N+](c1cc(C(C)(C)C)cc(C(C)(C)C)c1)=C=[N+]2c1cc(Oc2ccc3c4cc(-c5ccccc5)ccc4n(-c4cc(C(C)(C)C)ccn4)c3c2)cc(C(C)(C)C)c1. The Hall–Kier alpha value is -6.55. The van der Waals surface area contributed by atoms with Gasteiger partial charge in [0.2, 0.25) is 11.4 Å². The van der Waals surface area contributed by atoms with E-state index >= 15 is 0 Å². The van der Waals surface area contributed by atoms with Crippen molar-refractivity contribution in [3.63, 3.8) is 0 Å². The summed E-state index contributed by atoms with van der Waals surface area (Å²) in [5.41, 5.74) is 11.6. The summed E-state index contributed by atoms with van der Waals surface area (Å²) >= 11 is 0. The minimum Gasteiger partial charge on any atom is -0.457 e. The Morgan fingerprint density at radius 1 is 0.516 bits per heavy atom. The van der Waals surface area contributed by atoms with Gasteiger partial charge < -0.3 is 4.74 Å². The maximum Gasteiger partial charge on any atom is 0.503 e. The molecule has 6 aromatic carbocycles. The Labute approximate surface area is 384 Å². The lowest BCUT2D eigenvalue weighted by atomic mass is 9.80. The van der Waals surface area contributed by atoms with E-state index in [1.807, 2.05) is 45.7 Å². The highest BCUT2D eigenvalue weighted by Crippen LogP contribution is 2.44. The molecule has 5 heteroatoms. The van der Waals surface area contributed by atoms with Crippen LogP contribution in [0.15, 0.2) is 140 Å². The van der Waals surface area contributed by atoms with Crippen molar-refractivity contribution in [2.75, 3.05) is 0 Å². The molecule has 2 aromatic heterocycles. The van der Waals surface area contributed by atoms with Gasteiger partial charge in [-0.1, -0.05) is 138 Å². The van der Waals surface area contributed by atoms with Crippen LogP contribution < -0.4 is 13.9 Å². The van der Waals surface area contributed by atoms with E-state index in [0.29, 0.717) is 17.2 Å². The minimum atomic E-state index is -2.37. The fourth-order valence-electron chi connectivity index (χ4n) is 8.61. The quantitative estimate of drug-likeness (QED) is 0.156. The van der Waals surface area contributed by atoms with E-state index in [2.05, 4.69) is 191 Å². The van der Waals surface area contributed by atoms with Gasteiger partial charge in [-0.05, 0) is 114 Å². The molecular formula is C59H62N4O+2. The third-order valence-corrected chi connectivity index (χ3v) is 12.5. The number of rotatable bonds is 6. The highest BCUT2D eigenvalue weighted by Gasteiger charge is 2.40. The second kappa shape index (κ2) is 15.3. The van der Waals surface area contributed by atoms with E-state index < -0.39 is 6.85 Å². The zero-order valence-corrected chi connectivity index (χ0v) is 39.5. The number of hydrogen-bond donors (Lipinski definition) is 0. The van der Waals surface area contributed by atoms with Crippen molar-refractivity contribution in [2.24, 2.45) is 0 Å². The third kappa shape index (κ3) is 7.99. The molecule has 0 atom stereocenters. The fraction of sp³-hybridized carbons (Fsp3) is 0.288. The molecule has 0 N–H and O–H groups in total. The maximum absolute atomic E-state index is 8.71. The van der Waals surface area contributed by atoms with Crippen LogP contribution in [0.4, 0.5) is 22.7 Å². The smallest absolute Gasteiger partial charge is 0.457 e. The van der Waals surface area contributed by atoms with E-state index in [1.54, 1.807) is 6.07 Å². The highest BCUT2D eigenvalue weighted by atomic mass is 16.5. The molecule has 0 saturated heterocycles. The molecule has 0 aliphatic carbocycles. The van der Waals surface area contributed by atoms with Gasteiger partial charge in [0, 0.05) is 57.0 Å². The number of para-hydroxylation sites is 1. The summed E-state index contributed by atoms with van der Waals surface area (Å²) in [6.45, 7) is 24.2. The van der Waals surface area contributed by atoms with Crippen LogP contribution in [0.3, 0.4) is 0 Å². The van der Waals surface area contributed by atoms with Crippen LogP contribution in [0.25, 0.3) is 38.8 Å². The minimum absolute atomic E-state index is 0.0666. The first-order valence-corrected chi connectivity index (χ1v) is 22.4. The normalized spacial score (nSPS) is 14.2.